The van der Waals surface area contributed by atoms with Crippen LogP contribution in [0.2, 0.25) is 0 Å². The molecule has 2 aliphatic rings. The quantitative estimate of drug-likeness (QED) is 0.705. The number of carbonyl (C=O) groups is 1. The molecule has 1 atom stereocenters. The van der Waals surface area contributed by atoms with Gasteiger partial charge >= 0.3 is 0 Å². The molecule has 1 aliphatic heterocycles. The molecule has 1 amide bonds. The molecule has 0 radical (unpaired) electrons. The third kappa shape index (κ3) is 3.98. The van der Waals surface area contributed by atoms with Crippen LogP contribution in [0.5, 0.6) is 0 Å². The Bertz CT molecular complexity index is 343. The number of amides is 1. The first kappa shape index (κ1) is 16.8. The lowest BCUT2D eigenvalue weighted by molar-refractivity contribution is -0.129. The molecule has 4 heteroatoms. The van der Waals surface area contributed by atoms with Crippen LogP contribution < -0.4 is 10.6 Å². The normalized spacial score (nSPS) is 36.6. The number of carbonyl (C=O) groups excluding carboxylic acids is 1. The van der Waals surface area contributed by atoms with Crippen LogP contribution in [0.4, 0.5) is 0 Å². The first-order valence-corrected chi connectivity index (χ1v) is 8.79. The number of hydrogen-bond acceptors (Lipinski definition) is 3. The summed E-state index contributed by atoms with van der Waals surface area (Å²) in [6, 6.07) is 0. The maximum absolute atomic E-state index is 12.6. The number of hydrogen-bond donors (Lipinski definition) is 3. The molecule has 2 fully saturated rings. The van der Waals surface area contributed by atoms with Crippen molar-refractivity contribution >= 4 is 5.91 Å². The van der Waals surface area contributed by atoms with Crippen LogP contribution in [0.15, 0.2) is 0 Å². The van der Waals surface area contributed by atoms with Crippen LogP contribution in [0.25, 0.3) is 0 Å². The second kappa shape index (κ2) is 7.10. The zero-order valence-corrected chi connectivity index (χ0v) is 13.7. The van der Waals surface area contributed by atoms with E-state index in [1.807, 2.05) is 0 Å². The first-order valence-electron chi connectivity index (χ1n) is 8.79. The fourth-order valence-electron chi connectivity index (χ4n) is 3.97. The Morgan fingerprint density at radius 2 is 2.00 bits per heavy atom. The maximum Gasteiger partial charge on any atom is 0.240 e. The van der Waals surface area contributed by atoms with E-state index in [-0.39, 0.29) is 11.4 Å². The van der Waals surface area contributed by atoms with Gasteiger partial charge in [-0.3, -0.25) is 4.79 Å². The minimum atomic E-state index is -0.687. The van der Waals surface area contributed by atoms with Crippen LogP contribution in [0.3, 0.4) is 0 Å². The third-order valence-corrected chi connectivity index (χ3v) is 5.55. The SMILES string of the molecule is CCCC1(C(=O)NCC2(O)CCC(CC)CC2)CCCN1. The van der Waals surface area contributed by atoms with Crippen molar-refractivity contribution in [3.05, 3.63) is 0 Å². The summed E-state index contributed by atoms with van der Waals surface area (Å²) in [4.78, 5) is 12.6. The van der Waals surface area contributed by atoms with Crippen molar-refractivity contribution in [2.75, 3.05) is 13.1 Å². The average molecular weight is 296 g/mol. The monoisotopic (exact) mass is 296 g/mol. The van der Waals surface area contributed by atoms with Gasteiger partial charge in [0.25, 0.3) is 0 Å². The number of rotatable bonds is 6. The van der Waals surface area contributed by atoms with Crippen LogP contribution in [-0.2, 0) is 4.79 Å². The summed E-state index contributed by atoms with van der Waals surface area (Å²) < 4.78 is 0. The lowest BCUT2D eigenvalue weighted by atomic mass is 9.77. The van der Waals surface area contributed by atoms with Gasteiger partial charge in [-0.05, 0) is 57.4 Å². The highest BCUT2D eigenvalue weighted by atomic mass is 16.3. The molecule has 0 aromatic rings. The largest absolute Gasteiger partial charge is 0.388 e. The molecule has 3 N–H and O–H groups in total. The zero-order valence-electron chi connectivity index (χ0n) is 13.7. The van der Waals surface area contributed by atoms with Crippen molar-refractivity contribution in [1.82, 2.24) is 10.6 Å². The van der Waals surface area contributed by atoms with Gasteiger partial charge in [-0.2, -0.15) is 0 Å². The van der Waals surface area contributed by atoms with Crippen LogP contribution in [0, 0.1) is 5.92 Å². The predicted molar refractivity (Wildman–Crippen MR) is 85.1 cm³/mol. The molecular formula is C17H32N2O2. The third-order valence-electron chi connectivity index (χ3n) is 5.55. The molecule has 0 spiro atoms. The van der Waals surface area contributed by atoms with Crippen molar-refractivity contribution in [2.45, 2.75) is 82.8 Å². The van der Waals surface area contributed by atoms with Gasteiger partial charge in [0.1, 0.15) is 0 Å². The highest BCUT2D eigenvalue weighted by Gasteiger charge is 2.41. The van der Waals surface area contributed by atoms with Crippen molar-refractivity contribution in [3.63, 3.8) is 0 Å². The van der Waals surface area contributed by atoms with Gasteiger partial charge in [0.2, 0.25) is 5.91 Å². The summed E-state index contributed by atoms with van der Waals surface area (Å²) in [5.74, 6) is 0.844. The molecule has 21 heavy (non-hydrogen) atoms. The summed E-state index contributed by atoms with van der Waals surface area (Å²) >= 11 is 0. The van der Waals surface area contributed by atoms with Crippen LogP contribution >= 0.6 is 0 Å². The van der Waals surface area contributed by atoms with Crippen molar-refractivity contribution in [2.24, 2.45) is 5.92 Å². The van der Waals surface area contributed by atoms with E-state index in [2.05, 4.69) is 24.5 Å². The van der Waals surface area contributed by atoms with E-state index in [0.29, 0.717) is 6.54 Å². The second-order valence-electron chi connectivity index (χ2n) is 7.12. The Kier molecular flexibility index (Phi) is 5.67. The lowest BCUT2D eigenvalue weighted by Crippen LogP contribution is -2.56. The summed E-state index contributed by atoms with van der Waals surface area (Å²) in [6.07, 6.45) is 8.88. The minimum Gasteiger partial charge on any atom is -0.388 e. The first-order chi connectivity index (χ1) is 10.0. The van der Waals surface area contributed by atoms with E-state index >= 15 is 0 Å². The molecule has 1 saturated carbocycles. The van der Waals surface area contributed by atoms with Crippen LogP contribution in [0.1, 0.15) is 71.6 Å². The Labute approximate surface area is 129 Å². The zero-order chi connectivity index (χ0) is 15.3. The molecule has 2 rings (SSSR count). The Balaban J connectivity index is 1.85. The Hall–Kier alpha value is -0.610. The van der Waals surface area contributed by atoms with Crippen molar-refractivity contribution in [3.8, 4) is 0 Å². The topological polar surface area (TPSA) is 61.4 Å². The molecule has 1 heterocycles. The molecule has 0 aromatic heterocycles. The van der Waals surface area contributed by atoms with E-state index < -0.39 is 5.60 Å². The fourth-order valence-corrected chi connectivity index (χ4v) is 3.97. The Morgan fingerprint density at radius 1 is 1.29 bits per heavy atom. The maximum atomic E-state index is 12.6. The van der Waals surface area contributed by atoms with Crippen molar-refractivity contribution < 1.29 is 9.90 Å². The molecule has 4 nitrogen and oxygen atoms in total. The van der Waals surface area contributed by atoms with Gasteiger partial charge in [-0.25, -0.2) is 0 Å². The number of nitrogens with one attached hydrogen (secondary N) is 2. The van der Waals surface area contributed by atoms with E-state index in [4.69, 9.17) is 0 Å². The molecule has 0 bridgehead atoms. The van der Waals surface area contributed by atoms with Crippen LogP contribution in [-0.4, -0.2) is 35.2 Å². The highest BCUT2D eigenvalue weighted by molar-refractivity contribution is 5.86. The lowest BCUT2D eigenvalue weighted by Gasteiger charge is -2.37. The van der Waals surface area contributed by atoms with Crippen molar-refractivity contribution in [1.29, 1.82) is 0 Å². The van der Waals surface area contributed by atoms with E-state index in [0.717, 1.165) is 63.8 Å². The fraction of sp³-hybridized carbons (Fsp3) is 0.941. The van der Waals surface area contributed by atoms with Gasteiger partial charge in [0.05, 0.1) is 11.1 Å². The number of aliphatic hydroxyl groups is 1. The summed E-state index contributed by atoms with van der Waals surface area (Å²) in [5, 5.41) is 17.1. The van der Waals surface area contributed by atoms with Gasteiger partial charge in [-0.1, -0.05) is 26.7 Å². The average Bonchev–Trinajstić information content (AvgIpc) is 2.96. The summed E-state index contributed by atoms with van der Waals surface area (Å²) in [6.45, 7) is 5.68. The van der Waals surface area contributed by atoms with Gasteiger partial charge in [0, 0.05) is 6.54 Å². The van der Waals surface area contributed by atoms with E-state index in [9.17, 15) is 9.90 Å². The summed E-state index contributed by atoms with van der Waals surface area (Å²) in [5.41, 5.74) is -1.07. The molecule has 1 saturated heterocycles. The molecule has 0 aromatic carbocycles. The van der Waals surface area contributed by atoms with E-state index in [1.165, 1.54) is 6.42 Å². The predicted octanol–water partition coefficient (Wildman–Crippen LogP) is 2.36. The smallest absolute Gasteiger partial charge is 0.240 e. The molecular weight excluding hydrogens is 264 g/mol. The van der Waals surface area contributed by atoms with E-state index in [1.54, 1.807) is 0 Å². The second-order valence-corrected chi connectivity index (χ2v) is 7.12. The minimum absolute atomic E-state index is 0.0906. The molecule has 1 unspecified atom stereocenters. The molecule has 1 aliphatic carbocycles. The summed E-state index contributed by atoms with van der Waals surface area (Å²) in [7, 11) is 0. The highest BCUT2D eigenvalue weighted by Crippen LogP contribution is 2.33. The standard InChI is InChI=1S/C17H32N2O2/c1-3-8-17(9-5-12-19-17)15(20)18-13-16(21)10-6-14(4-2)7-11-16/h14,19,21H,3-13H2,1-2H3,(H,18,20). The Morgan fingerprint density at radius 3 is 2.52 bits per heavy atom. The van der Waals surface area contributed by atoms with Gasteiger partial charge in [-0.15, -0.1) is 0 Å². The van der Waals surface area contributed by atoms with Gasteiger partial charge in [0.15, 0.2) is 0 Å². The van der Waals surface area contributed by atoms with Gasteiger partial charge < -0.3 is 15.7 Å². The molecule has 122 valence electrons.